The van der Waals surface area contributed by atoms with Gasteiger partial charge in [-0.15, -0.1) is 0 Å². The summed E-state index contributed by atoms with van der Waals surface area (Å²) in [5.74, 6) is 1.58. The van der Waals surface area contributed by atoms with Gasteiger partial charge in [0.2, 0.25) is 11.8 Å². The molecule has 0 saturated heterocycles. The maximum absolute atomic E-state index is 12.3. The minimum absolute atomic E-state index is 0.0550. The summed E-state index contributed by atoms with van der Waals surface area (Å²) in [6, 6.07) is 4.54. The van der Waals surface area contributed by atoms with Crippen LogP contribution in [0.2, 0.25) is 0 Å². The van der Waals surface area contributed by atoms with E-state index in [1.54, 1.807) is 13.2 Å². The van der Waals surface area contributed by atoms with E-state index in [1.807, 2.05) is 6.07 Å². The predicted octanol–water partition coefficient (Wildman–Crippen LogP) is 3.10. The molecule has 186 valence electrons. The lowest BCUT2D eigenvalue weighted by Crippen LogP contribution is -2.39. The van der Waals surface area contributed by atoms with Crippen molar-refractivity contribution in [3.63, 3.8) is 0 Å². The first kappa shape index (κ1) is 24.6. The van der Waals surface area contributed by atoms with E-state index < -0.39 is 0 Å². The Morgan fingerprint density at radius 1 is 1.21 bits per heavy atom. The number of nitrogens with one attached hydrogen (secondary N) is 1. The predicted molar refractivity (Wildman–Crippen MR) is 132 cm³/mol. The number of ether oxygens (including phenoxy) is 1. The number of pyridine rings is 1. The number of nitrogens with zero attached hydrogens (tertiary/aromatic N) is 5. The van der Waals surface area contributed by atoms with Crippen molar-refractivity contribution < 1.29 is 9.53 Å². The van der Waals surface area contributed by atoms with Crippen LogP contribution < -0.4 is 10.1 Å². The van der Waals surface area contributed by atoms with Crippen molar-refractivity contribution in [3.8, 4) is 5.88 Å². The molecule has 1 atom stereocenters. The Kier molecular flexibility index (Phi) is 8.53. The number of hydrogen-bond donors (Lipinski definition) is 1. The molecule has 2 aromatic rings. The van der Waals surface area contributed by atoms with Crippen molar-refractivity contribution >= 4 is 5.91 Å². The minimum atomic E-state index is 0.0550. The molecule has 34 heavy (non-hydrogen) atoms. The van der Waals surface area contributed by atoms with Crippen LogP contribution in [0.4, 0.5) is 0 Å². The zero-order valence-corrected chi connectivity index (χ0v) is 21.0. The molecule has 0 unspecified atom stereocenters. The van der Waals surface area contributed by atoms with Gasteiger partial charge >= 0.3 is 0 Å². The molecule has 8 heteroatoms. The van der Waals surface area contributed by atoms with Gasteiger partial charge in [0.05, 0.1) is 24.4 Å². The average molecular weight is 469 g/mol. The number of rotatable bonds is 9. The van der Waals surface area contributed by atoms with Gasteiger partial charge in [-0.2, -0.15) is 15.0 Å². The van der Waals surface area contributed by atoms with Gasteiger partial charge in [-0.25, -0.2) is 4.98 Å². The second kappa shape index (κ2) is 11.8. The van der Waals surface area contributed by atoms with E-state index in [4.69, 9.17) is 9.72 Å². The van der Waals surface area contributed by atoms with Crippen LogP contribution in [0.5, 0.6) is 5.88 Å². The summed E-state index contributed by atoms with van der Waals surface area (Å²) in [5.41, 5.74) is 3.31. The van der Waals surface area contributed by atoms with Crippen LogP contribution in [-0.4, -0.2) is 62.6 Å². The quantitative estimate of drug-likeness (QED) is 0.609. The molecule has 2 aromatic heterocycles. The van der Waals surface area contributed by atoms with Crippen molar-refractivity contribution in [3.05, 3.63) is 35.3 Å². The molecular formula is C26H40N6O2. The summed E-state index contributed by atoms with van der Waals surface area (Å²) in [6.07, 6.45) is 11.0. The fourth-order valence-corrected chi connectivity index (χ4v) is 5.06. The Bertz CT molecular complexity index is 937. The van der Waals surface area contributed by atoms with Crippen LogP contribution >= 0.6 is 0 Å². The summed E-state index contributed by atoms with van der Waals surface area (Å²) in [6.45, 7) is 7.56. The van der Waals surface area contributed by atoms with Gasteiger partial charge in [0.15, 0.2) is 0 Å². The molecule has 0 aromatic carbocycles. The second-order valence-electron chi connectivity index (χ2n) is 10.0. The highest BCUT2D eigenvalue weighted by Crippen LogP contribution is 2.28. The summed E-state index contributed by atoms with van der Waals surface area (Å²) in [7, 11) is 1.77. The lowest BCUT2D eigenvalue weighted by molar-refractivity contribution is -0.121. The standard InChI is InChI=1S/C26H40N6O2/c1-4-19(2)34-26-10-7-21-12-15-32(16-13-24(21)29-26)14-11-20-5-8-22(9-6-20)28-25(33)17-23-18-27-31(3)30-23/h7,10,18-20,22H,4-6,8-9,11-17H2,1-3H3,(H,28,33)/t19-,20?,22?/m1/s1. The van der Waals surface area contributed by atoms with Gasteiger partial charge in [-0.1, -0.05) is 13.0 Å². The molecule has 1 aliphatic heterocycles. The Morgan fingerprint density at radius 2 is 2.00 bits per heavy atom. The van der Waals surface area contributed by atoms with E-state index in [9.17, 15) is 4.79 Å². The molecule has 0 spiro atoms. The van der Waals surface area contributed by atoms with E-state index in [0.717, 1.165) is 69.2 Å². The third kappa shape index (κ3) is 7.01. The molecule has 2 aliphatic rings. The van der Waals surface area contributed by atoms with Crippen LogP contribution in [-0.2, 0) is 31.1 Å². The lowest BCUT2D eigenvalue weighted by Gasteiger charge is -2.30. The third-order valence-electron chi connectivity index (χ3n) is 7.36. The Balaban J connectivity index is 1.16. The number of fused-ring (bicyclic) bond motifs is 1. The SMILES string of the molecule is CC[C@@H](C)Oc1ccc2c(n1)CCN(CCC1CCC(NC(=O)Cc3cnn(C)n3)CC1)CC2. The maximum atomic E-state index is 12.3. The number of amides is 1. The van der Waals surface area contributed by atoms with Crippen LogP contribution in [0.15, 0.2) is 18.3 Å². The van der Waals surface area contributed by atoms with Gasteiger partial charge in [-0.3, -0.25) is 4.79 Å². The first-order chi connectivity index (χ1) is 16.5. The highest BCUT2D eigenvalue weighted by atomic mass is 16.5. The fraction of sp³-hybridized carbons (Fsp3) is 0.692. The zero-order valence-electron chi connectivity index (χ0n) is 21.0. The molecule has 1 fully saturated rings. The molecule has 8 nitrogen and oxygen atoms in total. The Morgan fingerprint density at radius 3 is 2.74 bits per heavy atom. The molecule has 1 aliphatic carbocycles. The first-order valence-electron chi connectivity index (χ1n) is 13.0. The summed E-state index contributed by atoms with van der Waals surface area (Å²) in [4.78, 5) is 21.2. The summed E-state index contributed by atoms with van der Waals surface area (Å²) >= 11 is 0. The average Bonchev–Trinajstić information content (AvgIpc) is 3.12. The second-order valence-corrected chi connectivity index (χ2v) is 10.0. The van der Waals surface area contributed by atoms with E-state index in [0.29, 0.717) is 12.5 Å². The van der Waals surface area contributed by atoms with Gasteiger partial charge in [0.25, 0.3) is 0 Å². The van der Waals surface area contributed by atoms with Crippen LogP contribution in [0, 0.1) is 5.92 Å². The van der Waals surface area contributed by atoms with Crippen molar-refractivity contribution in [2.75, 3.05) is 19.6 Å². The monoisotopic (exact) mass is 468 g/mol. The molecule has 1 saturated carbocycles. The Hall–Kier alpha value is -2.48. The number of aryl methyl sites for hydroxylation is 1. The first-order valence-corrected chi connectivity index (χ1v) is 13.0. The van der Waals surface area contributed by atoms with Crippen LogP contribution in [0.1, 0.15) is 69.3 Å². The normalized spacial score (nSPS) is 22.0. The molecule has 0 radical (unpaired) electrons. The number of hydrogen-bond acceptors (Lipinski definition) is 6. The highest BCUT2D eigenvalue weighted by Gasteiger charge is 2.24. The van der Waals surface area contributed by atoms with Crippen molar-refractivity contribution in [2.45, 2.75) is 83.8 Å². The highest BCUT2D eigenvalue weighted by molar-refractivity contribution is 5.78. The summed E-state index contributed by atoms with van der Waals surface area (Å²) in [5, 5.41) is 11.4. The van der Waals surface area contributed by atoms with Gasteiger partial charge in [-0.05, 0) is 69.9 Å². The molecule has 0 bridgehead atoms. The number of carbonyl (C=O) groups is 1. The van der Waals surface area contributed by atoms with Gasteiger partial charge < -0.3 is 15.0 Å². The van der Waals surface area contributed by atoms with Crippen molar-refractivity contribution in [1.82, 2.24) is 30.2 Å². The number of carbonyl (C=O) groups excluding carboxylic acids is 1. The molecule has 1 N–H and O–H groups in total. The van der Waals surface area contributed by atoms with Gasteiger partial charge in [0.1, 0.15) is 0 Å². The third-order valence-corrected chi connectivity index (χ3v) is 7.36. The topological polar surface area (TPSA) is 85.2 Å². The van der Waals surface area contributed by atoms with E-state index >= 15 is 0 Å². The number of aromatic nitrogens is 4. The Labute approximate surface area is 203 Å². The molecule has 3 heterocycles. The summed E-state index contributed by atoms with van der Waals surface area (Å²) < 4.78 is 5.93. The van der Waals surface area contributed by atoms with Crippen molar-refractivity contribution in [2.24, 2.45) is 13.0 Å². The van der Waals surface area contributed by atoms with Gasteiger partial charge in [0, 0.05) is 44.4 Å². The largest absolute Gasteiger partial charge is 0.475 e. The smallest absolute Gasteiger partial charge is 0.226 e. The van der Waals surface area contributed by atoms with Crippen molar-refractivity contribution in [1.29, 1.82) is 0 Å². The molecule has 1 amide bonds. The molecule has 4 rings (SSSR count). The molecular weight excluding hydrogens is 428 g/mol. The van der Waals surface area contributed by atoms with E-state index in [-0.39, 0.29) is 12.0 Å². The zero-order chi connectivity index (χ0) is 23.9. The van der Waals surface area contributed by atoms with Crippen LogP contribution in [0.25, 0.3) is 0 Å². The minimum Gasteiger partial charge on any atom is -0.475 e. The maximum Gasteiger partial charge on any atom is 0.226 e. The lowest BCUT2D eigenvalue weighted by atomic mass is 9.84. The van der Waals surface area contributed by atoms with Crippen LogP contribution in [0.3, 0.4) is 0 Å². The fourth-order valence-electron chi connectivity index (χ4n) is 5.06. The van der Waals surface area contributed by atoms with E-state index in [2.05, 4.69) is 40.3 Å². The van der Waals surface area contributed by atoms with E-state index in [1.165, 1.54) is 35.3 Å².